The predicted molar refractivity (Wildman–Crippen MR) is 52.7 cm³/mol. The molecule has 0 N–H and O–H groups in total. The Morgan fingerprint density at radius 1 is 1.36 bits per heavy atom. The third kappa shape index (κ3) is 4.14. The second-order valence-electron chi connectivity index (χ2n) is 1.81. The van der Waals surface area contributed by atoms with E-state index >= 15 is 0 Å². The zero-order valence-corrected chi connectivity index (χ0v) is 8.85. The van der Waals surface area contributed by atoms with Crippen molar-refractivity contribution in [3.8, 4) is 0 Å². The summed E-state index contributed by atoms with van der Waals surface area (Å²) in [6.07, 6.45) is 0.999. The molecule has 0 radical (unpaired) electrons. The fourth-order valence-electron chi connectivity index (χ4n) is 0.647. The Bertz CT molecular complexity index is 199. The van der Waals surface area contributed by atoms with Gasteiger partial charge in [0.1, 0.15) is 4.60 Å². The first kappa shape index (κ1) is 10.6. The average Bonchev–Trinajstić information content (AvgIpc) is 2.08. The summed E-state index contributed by atoms with van der Waals surface area (Å²) in [7, 11) is 0. The molecule has 0 aromatic carbocycles. The van der Waals surface area contributed by atoms with E-state index in [0.717, 1.165) is 16.7 Å². The van der Waals surface area contributed by atoms with Crippen LogP contribution in [0.15, 0.2) is 22.8 Å². The first-order chi connectivity index (χ1) is 5.33. The van der Waals surface area contributed by atoms with Crippen LogP contribution in [0.4, 0.5) is 0 Å². The van der Waals surface area contributed by atoms with Crippen LogP contribution in [0.1, 0.15) is 26.5 Å². The molecule has 1 aromatic rings. The summed E-state index contributed by atoms with van der Waals surface area (Å²) in [5, 5.41) is 0. The molecule has 1 nitrogen and oxygen atoms in total. The Labute approximate surface area is 77.0 Å². The number of pyridine rings is 1. The minimum Gasteiger partial charge on any atom is -0.246 e. The highest BCUT2D eigenvalue weighted by molar-refractivity contribution is 9.10. The Hall–Kier alpha value is -0.370. The molecule has 0 amide bonds. The number of halogens is 1. The van der Waals surface area contributed by atoms with Gasteiger partial charge in [-0.25, -0.2) is 4.98 Å². The maximum Gasteiger partial charge on any atom is 0.106 e. The highest BCUT2D eigenvalue weighted by atomic mass is 79.9. The molecule has 1 rings (SSSR count). The van der Waals surface area contributed by atoms with Crippen molar-refractivity contribution >= 4 is 15.9 Å². The lowest BCUT2D eigenvalue weighted by atomic mass is 10.3. The first-order valence-electron chi connectivity index (χ1n) is 3.94. The van der Waals surface area contributed by atoms with E-state index in [0.29, 0.717) is 0 Å². The molecular weight excluding hydrogens is 202 g/mol. The standard InChI is InChI=1S/C7H8BrN.C2H6/c1-2-6-4-3-5-7(8)9-6;1-2/h3-5H,2H2,1H3;1-2H3. The van der Waals surface area contributed by atoms with E-state index < -0.39 is 0 Å². The molecule has 0 saturated heterocycles. The monoisotopic (exact) mass is 215 g/mol. The smallest absolute Gasteiger partial charge is 0.106 e. The first-order valence-corrected chi connectivity index (χ1v) is 4.73. The summed E-state index contributed by atoms with van der Waals surface area (Å²) in [5.41, 5.74) is 1.13. The topological polar surface area (TPSA) is 12.9 Å². The lowest BCUT2D eigenvalue weighted by Gasteiger charge is -1.93. The molecule has 1 heterocycles. The molecule has 2 heteroatoms. The van der Waals surface area contributed by atoms with Gasteiger partial charge in [-0.1, -0.05) is 26.8 Å². The van der Waals surface area contributed by atoms with Gasteiger partial charge >= 0.3 is 0 Å². The zero-order chi connectivity index (χ0) is 8.69. The van der Waals surface area contributed by atoms with Crippen molar-refractivity contribution in [2.45, 2.75) is 27.2 Å². The third-order valence-corrected chi connectivity index (χ3v) is 1.58. The van der Waals surface area contributed by atoms with Gasteiger partial charge in [0.25, 0.3) is 0 Å². The van der Waals surface area contributed by atoms with Crippen LogP contribution in [-0.4, -0.2) is 4.98 Å². The molecular formula is C9H14BrN. The fraction of sp³-hybridized carbons (Fsp3) is 0.444. The van der Waals surface area contributed by atoms with Crippen LogP contribution in [0, 0.1) is 0 Å². The van der Waals surface area contributed by atoms with Gasteiger partial charge in [0.2, 0.25) is 0 Å². The Morgan fingerprint density at radius 3 is 2.36 bits per heavy atom. The van der Waals surface area contributed by atoms with Crippen molar-refractivity contribution < 1.29 is 0 Å². The molecule has 0 bridgehead atoms. The van der Waals surface area contributed by atoms with Gasteiger partial charge in [-0.05, 0) is 34.5 Å². The van der Waals surface area contributed by atoms with Gasteiger partial charge in [0.15, 0.2) is 0 Å². The van der Waals surface area contributed by atoms with Gasteiger partial charge in [-0.2, -0.15) is 0 Å². The van der Waals surface area contributed by atoms with E-state index in [1.54, 1.807) is 0 Å². The summed E-state index contributed by atoms with van der Waals surface area (Å²) >= 11 is 3.29. The lowest BCUT2D eigenvalue weighted by Crippen LogP contribution is -1.84. The van der Waals surface area contributed by atoms with E-state index in [1.807, 2.05) is 32.0 Å². The highest BCUT2D eigenvalue weighted by Gasteiger charge is 1.88. The number of rotatable bonds is 1. The molecule has 0 aliphatic rings. The Balaban J connectivity index is 0.000000461. The summed E-state index contributed by atoms with van der Waals surface area (Å²) < 4.78 is 0.918. The number of nitrogens with zero attached hydrogens (tertiary/aromatic N) is 1. The molecule has 62 valence electrons. The number of aromatic nitrogens is 1. The van der Waals surface area contributed by atoms with Crippen LogP contribution in [0.25, 0.3) is 0 Å². The lowest BCUT2D eigenvalue weighted by molar-refractivity contribution is 1.02. The zero-order valence-electron chi connectivity index (χ0n) is 7.26. The van der Waals surface area contributed by atoms with E-state index in [1.165, 1.54) is 0 Å². The van der Waals surface area contributed by atoms with Crippen LogP contribution in [0.5, 0.6) is 0 Å². The molecule has 0 unspecified atom stereocenters. The fourth-order valence-corrected chi connectivity index (χ4v) is 1.03. The van der Waals surface area contributed by atoms with Crippen LogP contribution in [0.3, 0.4) is 0 Å². The van der Waals surface area contributed by atoms with Gasteiger partial charge in [0.05, 0.1) is 0 Å². The van der Waals surface area contributed by atoms with Crippen LogP contribution < -0.4 is 0 Å². The third-order valence-electron chi connectivity index (χ3n) is 1.14. The van der Waals surface area contributed by atoms with Gasteiger partial charge < -0.3 is 0 Å². The second kappa shape index (κ2) is 6.35. The summed E-state index contributed by atoms with van der Waals surface area (Å²) in [5.74, 6) is 0. The minimum atomic E-state index is 0.918. The quantitative estimate of drug-likeness (QED) is 0.655. The van der Waals surface area contributed by atoms with Crippen LogP contribution in [-0.2, 0) is 6.42 Å². The van der Waals surface area contributed by atoms with Crippen LogP contribution in [0.2, 0.25) is 0 Å². The Kier molecular flexibility index (Phi) is 6.13. The average molecular weight is 216 g/mol. The van der Waals surface area contributed by atoms with E-state index in [2.05, 4.69) is 27.8 Å². The summed E-state index contributed by atoms with van der Waals surface area (Å²) in [4.78, 5) is 4.21. The molecule has 0 fully saturated rings. The van der Waals surface area contributed by atoms with Gasteiger partial charge in [-0.3, -0.25) is 0 Å². The van der Waals surface area contributed by atoms with Gasteiger partial charge in [0, 0.05) is 5.69 Å². The van der Waals surface area contributed by atoms with Crippen molar-refractivity contribution in [2.24, 2.45) is 0 Å². The minimum absolute atomic E-state index is 0.918. The second-order valence-corrected chi connectivity index (χ2v) is 2.62. The van der Waals surface area contributed by atoms with Crippen molar-refractivity contribution in [1.82, 2.24) is 4.98 Å². The Morgan fingerprint density at radius 2 is 2.00 bits per heavy atom. The SMILES string of the molecule is CC.CCc1cccc(Br)n1. The van der Waals surface area contributed by atoms with E-state index in [4.69, 9.17) is 0 Å². The van der Waals surface area contributed by atoms with E-state index in [-0.39, 0.29) is 0 Å². The van der Waals surface area contributed by atoms with Crippen molar-refractivity contribution in [3.63, 3.8) is 0 Å². The molecule has 0 aliphatic carbocycles. The predicted octanol–water partition coefficient (Wildman–Crippen LogP) is 3.43. The number of hydrogen-bond donors (Lipinski definition) is 0. The van der Waals surface area contributed by atoms with Crippen molar-refractivity contribution in [1.29, 1.82) is 0 Å². The molecule has 11 heavy (non-hydrogen) atoms. The molecule has 0 spiro atoms. The molecule has 1 aromatic heterocycles. The maximum atomic E-state index is 4.21. The summed E-state index contributed by atoms with van der Waals surface area (Å²) in [6.45, 7) is 6.09. The molecule has 0 atom stereocenters. The maximum absolute atomic E-state index is 4.21. The van der Waals surface area contributed by atoms with Crippen molar-refractivity contribution in [3.05, 3.63) is 28.5 Å². The van der Waals surface area contributed by atoms with E-state index in [9.17, 15) is 0 Å². The highest BCUT2D eigenvalue weighted by Crippen LogP contribution is 2.05. The van der Waals surface area contributed by atoms with Crippen molar-refractivity contribution in [2.75, 3.05) is 0 Å². The molecule has 0 aliphatic heterocycles. The molecule has 0 saturated carbocycles. The number of hydrogen-bond acceptors (Lipinski definition) is 1. The van der Waals surface area contributed by atoms with Gasteiger partial charge in [-0.15, -0.1) is 0 Å². The number of aryl methyl sites for hydroxylation is 1. The summed E-state index contributed by atoms with van der Waals surface area (Å²) in [6, 6.07) is 5.94. The van der Waals surface area contributed by atoms with Crippen LogP contribution >= 0.6 is 15.9 Å². The normalized spacial score (nSPS) is 8.36. The largest absolute Gasteiger partial charge is 0.246 e.